The topological polar surface area (TPSA) is 40.5 Å². The molecule has 2 N–H and O–H groups in total. The zero-order valence-electron chi connectivity index (χ0n) is 23.2. The molecule has 0 spiro atoms. The number of benzene rings is 1. The highest BCUT2D eigenvalue weighted by Gasteiger charge is 2.54. The molecule has 35 heavy (non-hydrogen) atoms. The number of hydrogen-bond donors (Lipinski definition) is 2. The van der Waals surface area contributed by atoms with Crippen molar-refractivity contribution < 1.29 is 10.2 Å². The minimum Gasteiger partial charge on any atom is -0.508 e. The molecule has 0 aromatic heterocycles. The minimum atomic E-state index is -0.0883. The Morgan fingerprint density at radius 3 is 2.40 bits per heavy atom. The van der Waals surface area contributed by atoms with Crippen LogP contribution in [0.5, 0.6) is 5.75 Å². The molecule has 4 rings (SSSR count). The summed E-state index contributed by atoms with van der Waals surface area (Å²) in [6.07, 6.45) is 18.5. The Morgan fingerprint density at radius 1 is 0.971 bits per heavy atom. The monoisotopic (exact) mass is 478 g/mol. The second-order valence-corrected chi connectivity index (χ2v) is 12.0. The largest absolute Gasteiger partial charge is 0.508 e. The Morgan fingerprint density at radius 2 is 1.69 bits per heavy atom. The Bertz CT molecular complexity index is 932. The van der Waals surface area contributed by atoms with Crippen LogP contribution in [-0.4, -0.2) is 16.3 Å². The average molecular weight is 479 g/mol. The van der Waals surface area contributed by atoms with E-state index < -0.39 is 0 Å². The van der Waals surface area contributed by atoms with Crippen molar-refractivity contribution in [1.82, 2.24) is 0 Å². The van der Waals surface area contributed by atoms with E-state index in [4.69, 9.17) is 0 Å². The molecule has 3 aliphatic carbocycles. The third kappa shape index (κ3) is 6.91. The number of allylic oxidation sites excluding steroid dienone is 6. The number of fused-ring (bicyclic) bond motifs is 5. The molecule has 0 radical (unpaired) electrons. The number of aliphatic hydroxyl groups excluding tert-OH is 1. The van der Waals surface area contributed by atoms with Crippen LogP contribution in [-0.2, 0) is 6.42 Å². The van der Waals surface area contributed by atoms with E-state index in [9.17, 15) is 10.2 Å². The molecular formula is C33H50O2. The van der Waals surface area contributed by atoms with E-state index in [1.807, 2.05) is 12.1 Å². The van der Waals surface area contributed by atoms with Crippen molar-refractivity contribution in [3.63, 3.8) is 0 Å². The number of phenolic OH excluding ortho intramolecular Hbond substituents is 1. The second kappa shape index (κ2) is 12.4. The number of aliphatic hydroxyl groups is 1. The molecule has 194 valence electrons. The van der Waals surface area contributed by atoms with Crippen molar-refractivity contribution in [3.8, 4) is 5.75 Å². The van der Waals surface area contributed by atoms with Crippen molar-refractivity contribution in [3.05, 3.63) is 64.3 Å². The summed E-state index contributed by atoms with van der Waals surface area (Å²) in [4.78, 5) is 0. The lowest BCUT2D eigenvalue weighted by Gasteiger charge is -2.50. The Balaban J connectivity index is 0.000000207. The van der Waals surface area contributed by atoms with E-state index >= 15 is 0 Å². The molecule has 1 aromatic rings. The third-order valence-corrected chi connectivity index (χ3v) is 9.28. The van der Waals surface area contributed by atoms with Crippen LogP contribution in [0.4, 0.5) is 0 Å². The number of aromatic hydroxyl groups is 1. The molecule has 2 saturated carbocycles. The molecule has 0 aliphatic heterocycles. The van der Waals surface area contributed by atoms with Gasteiger partial charge in [-0.3, -0.25) is 0 Å². The molecule has 5 atom stereocenters. The highest BCUT2D eigenvalue weighted by Crippen LogP contribution is 2.60. The van der Waals surface area contributed by atoms with Crippen molar-refractivity contribution in [2.24, 2.45) is 17.3 Å². The SMILES string of the molecule is C/C=C(\C)CC/C=C(\C)CCC=C(C)C.CC12CCC3c4ccc(O)cc4CCC3C1CCC2O. The standard InChI is InChI=1S/C18H24O2.C15H26/c1-18-9-8-14-13-5-3-12(19)10-11(13)2-4-15(14)16(18)6-7-17(18)20;1-6-14(4)10-8-12-15(5)11-7-9-13(2)3/h3,5,10,14-17,19-20H,2,4,6-9H2,1H3;6,9,12H,7-8,10-11H2,1-5H3/b;14-6+,15-12+. The summed E-state index contributed by atoms with van der Waals surface area (Å²) in [6.45, 7) is 13.2. The summed E-state index contributed by atoms with van der Waals surface area (Å²) in [5.41, 5.74) is 7.43. The van der Waals surface area contributed by atoms with Gasteiger partial charge >= 0.3 is 0 Å². The van der Waals surface area contributed by atoms with Crippen LogP contribution >= 0.6 is 0 Å². The minimum absolute atomic E-state index is 0.0883. The van der Waals surface area contributed by atoms with Gasteiger partial charge in [0.1, 0.15) is 5.75 Å². The smallest absolute Gasteiger partial charge is 0.115 e. The highest BCUT2D eigenvalue weighted by atomic mass is 16.3. The molecule has 2 fully saturated rings. The second-order valence-electron chi connectivity index (χ2n) is 12.0. The molecule has 2 nitrogen and oxygen atoms in total. The van der Waals surface area contributed by atoms with Gasteiger partial charge in [0.15, 0.2) is 0 Å². The van der Waals surface area contributed by atoms with Crippen LogP contribution in [0.2, 0.25) is 0 Å². The van der Waals surface area contributed by atoms with E-state index in [2.05, 4.69) is 65.8 Å². The fourth-order valence-corrected chi connectivity index (χ4v) is 6.92. The lowest BCUT2D eigenvalue weighted by Crippen LogP contribution is -2.43. The average Bonchev–Trinajstić information content (AvgIpc) is 3.13. The Labute approximate surface area is 215 Å². The molecule has 0 bridgehead atoms. The number of rotatable bonds is 6. The van der Waals surface area contributed by atoms with Gasteiger partial charge in [0, 0.05) is 0 Å². The first-order valence-corrected chi connectivity index (χ1v) is 14.1. The van der Waals surface area contributed by atoms with E-state index in [0.29, 0.717) is 17.6 Å². The van der Waals surface area contributed by atoms with Crippen LogP contribution in [0.3, 0.4) is 0 Å². The molecular weight excluding hydrogens is 428 g/mol. The van der Waals surface area contributed by atoms with Gasteiger partial charge in [-0.25, -0.2) is 0 Å². The molecule has 2 heteroatoms. The zero-order valence-corrected chi connectivity index (χ0v) is 23.2. The number of aryl methyl sites for hydroxylation is 1. The first kappa shape index (κ1) is 27.8. The van der Waals surface area contributed by atoms with Crippen molar-refractivity contribution in [1.29, 1.82) is 0 Å². The summed E-state index contributed by atoms with van der Waals surface area (Å²) in [5, 5.41) is 20.0. The highest BCUT2D eigenvalue weighted by molar-refractivity contribution is 5.40. The van der Waals surface area contributed by atoms with E-state index in [1.165, 1.54) is 72.8 Å². The Hall–Kier alpha value is -1.80. The maximum atomic E-state index is 10.4. The molecule has 0 heterocycles. The van der Waals surface area contributed by atoms with Gasteiger partial charge in [0.05, 0.1) is 6.10 Å². The Kier molecular flexibility index (Phi) is 9.87. The van der Waals surface area contributed by atoms with Gasteiger partial charge in [-0.05, 0) is 145 Å². The predicted octanol–water partition coefficient (Wildman–Crippen LogP) is 9.03. The lowest BCUT2D eigenvalue weighted by atomic mass is 9.55. The first-order valence-electron chi connectivity index (χ1n) is 14.1. The molecule has 0 amide bonds. The van der Waals surface area contributed by atoms with Gasteiger partial charge in [0.25, 0.3) is 0 Å². The molecule has 0 saturated heterocycles. The predicted molar refractivity (Wildman–Crippen MR) is 150 cm³/mol. The quantitative estimate of drug-likeness (QED) is 0.400. The van der Waals surface area contributed by atoms with Gasteiger partial charge in [-0.15, -0.1) is 0 Å². The van der Waals surface area contributed by atoms with Gasteiger partial charge in [0.2, 0.25) is 0 Å². The van der Waals surface area contributed by atoms with Crippen LogP contribution in [0, 0.1) is 17.3 Å². The molecule has 3 aliphatic rings. The van der Waals surface area contributed by atoms with Crippen molar-refractivity contribution in [2.75, 3.05) is 0 Å². The van der Waals surface area contributed by atoms with Gasteiger partial charge in [-0.1, -0.05) is 47.9 Å². The third-order valence-electron chi connectivity index (χ3n) is 9.28. The maximum absolute atomic E-state index is 10.4. The summed E-state index contributed by atoms with van der Waals surface area (Å²) < 4.78 is 0. The summed E-state index contributed by atoms with van der Waals surface area (Å²) in [7, 11) is 0. The van der Waals surface area contributed by atoms with Gasteiger partial charge in [-0.2, -0.15) is 0 Å². The number of hydrogen-bond acceptors (Lipinski definition) is 2. The van der Waals surface area contributed by atoms with Crippen LogP contribution in [0.1, 0.15) is 116 Å². The van der Waals surface area contributed by atoms with E-state index in [1.54, 1.807) is 0 Å². The fraction of sp³-hybridized carbons (Fsp3) is 0.636. The van der Waals surface area contributed by atoms with Crippen LogP contribution < -0.4 is 0 Å². The maximum Gasteiger partial charge on any atom is 0.115 e. The van der Waals surface area contributed by atoms with E-state index in [-0.39, 0.29) is 11.5 Å². The van der Waals surface area contributed by atoms with E-state index in [0.717, 1.165) is 25.2 Å². The molecule has 1 aromatic carbocycles. The zero-order chi connectivity index (χ0) is 25.6. The van der Waals surface area contributed by atoms with Crippen molar-refractivity contribution in [2.45, 2.75) is 118 Å². The molecule has 5 unspecified atom stereocenters. The summed E-state index contributed by atoms with van der Waals surface area (Å²) >= 11 is 0. The fourth-order valence-electron chi connectivity index (χ4n) is 6.92. The number of phenols is 1. The lowest BCUT2D eigenvalue weighted by molar-refractivity contribution is -0.0226. The van der Waals surface area contributed by atoms with Crippen LogP contribution in [0.25, 0.3) is 0 Å². The summed E-state index contributed by atoms with van der Waals surface area (Å²) in [5.74, 6) is 2.49. The normalized spacial score (nSPS) is 29.9. The van der Waals surface area contributed by atoms with Gasteiger partial charge < -0.3 is 10.2 Å². The van der Waals surface area contributed by atoms with Crippen molar-refractivity contribution >= 4 is 0 Å². The first-order chi connectivity index (χ1) is 16.7. The van der Waals surface area contributed by atoms with Crippen LogP contribution in [0.15, 0.2) is 53.1 Å². The summed E-state index contributed by atoms with van der Waals surface area (Å²) in [6, 6.07) is 5.96.